The van der Waals surface area contributed by atoms with Gasteiger partial charge in [-0.2, -0.15) is 5.10 Å². The summed E-state index contributed by atoms with van der Waals surface area (Å²) in [6.07, 6.45) is 5.17. The lowest BCUT2D eigenvalue weighted by Gasteiger charge is -2.32. The second-order valence-corrected chi connectivity index (χ2v) is 5.89. The maximum Gasteiger partial charge on any atom is 0.343 e. The quantitative estimate of drug-likeness (QED) is 0.796. The van der Waals surface area contributed by atoms with E-state index in [2.05, 4.69) is 20.1 Å². The van der Waals surface area contributed by atoms with Crippen LogP contribution in [0.4, 0.5) is 5.82 Å². The monoisotopic (exact) mass is 322 g/mol. The average molecular weight is 322 g/mol. The summed E-state index contributed by atoms with van der Waals surface area (Å²) in [7, 11) is 0. The Labute approximate surface area is 139 Å². The van der Waals surface area contributed by atoms with Crippen LogP contribution in [0.3, 0.4) is 0 Å². The van der Waals surface area contributed by atoms with E-state index in [0.717, 1.165) is 43.1 Å². The van der Waals surface area contributed by atoms with Gasteiger partial charge in [0.2, 0.25) is 0 Å². The van der Waals surface area contributed by atoms with E-state index >= 15 is 0 Å². The highest BCUT2D eigenvalue weighted by Gasteiger charge is 2.22. The highest BCUT2D eigenvalue weighted by atomic mass is 16.1. The second kappa shape index (κ2) is 6.27. The minimum absolute atomic E-state index is 0.137. The molecule has 0 aliphatic carbocycles. The Morgan fingerprint density at radius 2 is 1.88 bits per heavy atom. The molecule has 0 unspecified atom stereocenters. The normalized spacial score (nSPS) is 15.6. The number of benzene rings is 1. The first kappa shape index (κ1) is 14.6. The number of H-pyrrole nitrogens is 1. The molecule has 1 aliphatic heterocycles. The minimum Gasteiger partial charge on any atom is -0.356 e. The summed E-state index contributed by atoms with van der Waals surface area (Å²) in [5.74, 6) is 1.67. The third-order valence-corrected chi connectivity index (χ3v) is 4.43. The molecular formula is C17H18N6O. The number of aromatic amines is 1. The van der Waals surface area contributed by atoms with Gasteiger partial charge in [-0.15, -0.1) is 0 Å². The molecule has 0 spiro atoms. The number of hydrogen-bond donors (Lipinski definition) is 1. The highest BCUT2D eigenvalue weighted by molar-refractivity contribution is 5.57. The maximum atomic E-state index is 11.7. The molecule has 3 aromatic rings. The number of anilines is 1. The van der Waals surface area contributed by atoms with E-state index in [1.165, 1.54) is 0 Å². The second-order valence-electron chi connectivity index (χ2n) is 5.89. The van der Waals surface area contributed by atoms with E-state index in [4.69, 9.17) is 4.98 Å². The van der Waals surface area contributed by atoms with Crippen LogP contribution >= 0.6 is 0 Å². The first-order valence-electron chi connectivity index (χ1n) is 8.06. The Morgan fingerprint density at radius 3 is 2.58 bits per heavy atom. The number of nitrogens with zero attached hydrogens (tertiary/aromatic N) is 5. The largest absolute Gasteiger partial charge is 0.356 e. The molecule has 1 N–H and O–H groups in total. The molecule has 0 saturated carbocycles. The Hall–Kier alpha value is -2.96. The fourth-order valence-corrected chi connectivity index (χ4v) is 3.14. The van der Waals surface area contributed by atoms with Crippen molar-refractivity contribution >= 4 is 5.82 Å². The van der Waals surface area contributed by atoms with Gasteiger partial charge >= 0.3 is 5.69 Å². The fraction of sp³-hybridized carbons (Fsp3) is 0.294. The third-order valence-electron chi connectivity index (χ3n) is 4.43. The lowest BCUT2D eigenvalue weighted by Crippen LogP contribution is -2.37. The molecule has 1 fully saturated rings. The van der Waals surface area contributed by atoms with E-state index in [1.807, 2.05) is 36.4 Å². The zero-order chi connectivity index (χ0) is 16.4. The molecule has 122 valence electrons. The van der Waals surface area contributed by atoms with E-state index in [1.54, 1.807) is 17.1 Å². The van der Waals surface area contributed by atoms with E-state index < -0.39 is 0 Å². The number of piperidine rings is 1. The molecule has 24 heavy (non-hydrogen) atoms. The van der Waals surface area contributed by atoms with Crippen molar-refractivity contribution in [3.05, 3.63) is 59.4 Å². The molecule has 1 saturated heterocycles. The van der Waals surface area contributed by atoms with E-state index in [0.29, 0.717) is 0 Å². The van der Waals surface area contributed by atoms with Crippen LogP contribution in [0.15, 0.2) is 53.7 Å². The van der Waals surface area contributed by atoms with Gasteiger partial charge in [0.15, 0.2) is 5.82 Å². The molecule has 0 atom stereocenters. The van der Waals surface area contributed by atoms with Gasteiger partial charge in [-0.3, -0.25) is 4.57 Å². The lowest BCUT2D eigenvalue weighted by atomic mass is 10.1. The molecule has 1 aliphatic rings. The molecule has 7 nitrogen and oxygen atoms in total. The summed E-state index contributed by atoms with van der Waals surface area (Å²) in [5, 5.41) is 6.27. The molecular weight excluding hydrogens is 304 g/mol. The van der Waals surface area contributed by atoms with Crippen molar-refractivity contribution in [1.29, 1.82) is 0 Å². The molecule has 7 heteroatoms. The highest BCUT2D eigenvalue weighted by Crippen LogP contribution is 2.25. The van der Waals surface area contributed by atoms with E-state index in [-0.39, 0.29) is 11.7 Å². The van der Waals surface area contributed by atoms with Crippen LogP contribution in [0.1, 0.15) is 18.9 Å². The van der Waals surface area contributed by atoms with Crippen molar-refractivity contribution < 1.29 is 0 Å². The molecule has 2 aromatic heterocycles. The fourth-order valence-electron chi connectivity index (χ4n) is 3.14. The topological polar surface area (TPSA) is 79.7 Å². The Morgan fingerprint density at radius 1 is 1.08 bits per heavy atom. The zero-order valence-corrected chi connectivity index (χ0v) is 13.2. The smallest absolute Gasteiger partial charge is 0.343 e. The van der Waals surface area contributed by atoms with Gasteiger partial charge < -0.3 is 4.90 Å². The van der Waals surface area contributed by atoms with Crippen molar-refractivity contribution in [3.63, 3.8) is 0 Å². The van der Waals surface area contributed by atoms with Crippen LogP contribution < -0.4 is 10.6 Å². The standard InChI is InChI=1S/C17H18N6O/c24-17-21-19-12-23(17)14-7-10-22(11-8-14)15-6-9-18-16(20-15)13-4-2-1-3-5-13/h1-6,9,12,14H,7-8,10-11H2,(H,21,24). The minimum atomic E-state index is -0.137. The molecule has 3 heterocycles. The summed E-state index contributed by atoms with van der Waals surface area (Å²) in [5.41, 5.74) is 0.876. The van der Waals surface area contributed by atoms with Gasteiger partial charge in [0.05, 0.1) is 0 Å². The van der Waals surface area contributed by atoms with E-state index in [9.17, 15) is 4.79 Å². The van der Waals surface area contributed by atoms with Crippen molar-refractivity contribution in [3.8, 4) is 11.4 Å². The first-order valence-corrected chi connectivity index (χ1v) is 8.06. The van der Waals surface area contributed by atoms with Crippen LogP contribution in [0.2, 0.25) is 0 Å². The summed E-state index contributed by atoms with van der Waals surface area (Å²) in [6, 6.07) is 12.1. The first-order chi connectivity index (χ1) is 11.8. The average Bonchev–Trinajstić information content (AvgIpc) is 3.09. The molecule has 1 aromatic carbocycles. The summed E-state index contributed by atoms with van der Waals surface area (Å²) < 4.78 is 1.69. The van der Waals surface area contributed by atoms with Crippen molar-refractivity contribution in [2.24, 2.45) is 0 Å². The van der Waals surface area contributed by atoms with Gasteiger partial charge in [0, 0.05) is 30.9 Å². The van der Waals surface area contributed by atoms with Crippen LogP contribution in [0, 0.1) is 0 Å². The van der Waals surface area contributed by atoms with Crippen LogP contribution in [0.25, 0.3) is 11.4 Å². The van der Waals surface area contributed by atoms with Crippen molar-refractivity contribution in [2.75, 3.05) is 18.0 Å². The molecule has 0 amide bonds. The Bertz CT molecular complexity index is 864. The Balaban J connectivity index is 1.50. The SMILES string of the molecule is O=c1[nH]ncn1C1CCN(c2ccnc(-c3ccccc3)n2)CC1. The van der Waals surface area contributed by atoms with Gasteiger partial charge in [-0.05, 0) is 18.9 Å². The predicted octanol–water partition coefficient (Wildman–Crippen LogP) is 1.87. The number of hydrogen-bond acceptors (Lipinski definition) is 5. The van der Waals surface area contributed by atoms with Crippen LogP contribution in [-0.4, -0.2) is 37.8 Å². The lowest BCUT2D eigenvalue weighted by molar-refractivity contribution is 0.386. The van der Waals surface area contributed by atoms with Crippen molar-refractivity contribution in [2.45, 2.75) is 18.9 Å². The summed E-state index contributed by atoms with van der Waals surface area (Å²) in [4.78, 5) is 23.0. The van der Waals surface area contributed by atoms with Crippen LogP contribution in [0.5, 0.6) is 0 Å². The summed E-state index contributed by atoms with van der Waals surface area (Å²) in [6.45, 7) is 1.71. The molecule has 0 radical (unpaired) electrons. The molecule has 4 rings (SSSR count). The predicted molar refractivity (Wildman–Crippen MR) is 90.8 cm³/mol. The maximum absolute atomic E-state index is 11.7. The third kappa shape index (κ3) is 2.80. The number of nitrogens with one attached hydrogen (secondary N) is 1. The van der Waals surface area contributed by atoms with Gasteiger partial charge in [0.25, 0.3) is 0 Å². The van der Waals surface area contributed by atoms with Gasteiger partial charge in [-0.1, -0.05) is 30.3 Å². The molecule has 0 bridgehead atoms. The van der Waals surface area contributed by atoms with Gasteiger partial charge in [-0.25, -0.2) is 19.9 Å². The summed E-state index contributed by atoms with van der Waals surface area (Å²) >= 11 is 0. The zero-order valence-electron chi connectivity index (χ0n) is 13.2. The van der Waals surface area contributed by atoms with Crippen LogP contribution in [-0.2, 0) is 0 Å². The number of aromatic nitrogens is 5. The number of rotatable bonds is 3. The van der Waals surface area contributed by atoms with Crippen molar-refractivity contribution in [1.82, 2.24) is 24.7 Å². The van der Waals surface area contributed by atoms with Gasteiger partial charge in [0.1, 0.15) is 12.1 Å². The Kier molecular flexibility index (Phi) is 3.82.